The minimum atomic E-state index is 0.453. The molecule has 0 aliphatic carbocycles. The van der Waals surface area contributed by atoms with Gasteiger partial charge in [0.2, 0.25) is 0 Å². The predicted molar refractivity (Wildman–Crippen MR) is 83.5 cm³/mol. The molecule has 1 saturated heterocycles. The van der Waals surface area contributed by atoms with Crippen LogP contribution in [0.2, 0.25) is 0 Å². The molecule has 0 radical (unpaired) electrons. The zero-order valence-corrected chi connectivity index (χ0v) is 13.8. The smallest absolute Gasteiger partial charge is 0.0468 e. The fraction of sp³-hybridized carbons (Fsp3) is 1.00. The van der Waals surface area contributed by atoms with Crippen molar-refractivity contribution < 1.29 is 4.74 Å². The highest BCUT2D eigenvalue weighted by molar-refractivity contribution is 4.77. The van der Waals surface area contributed by atoms with Crippen LogP contribution in [-0.4, -0.2) is 25.8 Å². The van der Waals surface area contributed by atoms with Crippen LogP contribution in [0.3, 0.4) is 0 Å². The molecule has 1 aliphatic heterocycles. The van der Waals surface area contributed by atoms with E-state index in [1.165, 1.54) is 32.1 Å². The van der Waals surface area contributed by atoms with E-state index in [1.54, 1.807) is 0 Å². The summed E-state index contributed by atoms with van der Waals surface area (Å²) in [4.78, 5) is 0. The second-order valence-corrected chi connectivity index (χ2v) is 7.65. The van der Waals surface area contributed by atoms with Crippen LogP contribution >= 0.6 is 0 Å². The summed E-state index contributed by atoms with van der Waals surface area (Å²) in [7, 11) is 0. The number of hydrogen-bond donors (Lipinski definition) is 1. The van der Waals surface area contributed by atoms with Crippen LogP contribution < -0.4 is 5.32 Å². The van der Waals surface area contributed by atoms with E-state index < -0.39 is 0 Å². The van der Waals surface area contributed by atoms with Crippen LogP contribution in [0.15, 0.2) is 0 Å². The van der Waals surface area contributed by atoms with Gasteiger partial charge in [-0.2, -0.15) is 0 Å². The Balaban J connectivity index is 2.38. The van der Waals surface area contributed by atoms with E-state index in [2.05, 4.69) is 39.9 Å². The van der Waals surface area contributed by atoms with E-state index in [1.807, 2.05) is 0 Å². The van der Waals surface area contributed by atoms with E-state index in [-0.39, 0.29) is 0 Å². The number of ether oxygens (including phenoxy) is 1. The molecule has 2 heteroatoms. The van der Waals surface area contributed by atoms with E-state index in [4.69, 9.17) is 4.74 Å². The molecule has 0 spiro atoms. The van der Waals surface area contributed by atoms with Crippen LogP contribution in [-0.2, 0) is 4.74 Å². The van der Waals surface area contributed by atoms with Crippen molar-refractivity contribution in [2.45, 2.75) is 72.8 Å². The van der Waals surface area contributed by atoms with Gasteiger partial charge < -0.3 is 10.1 Å². The van der Waals surface area contributed by atoms with Crippen molar-refractivity contribution in [3.8, 4) is 0 Å². The monoisotopic (exact) mass is 269 g/mol. The number of rotatable bonds is 7. The average Bonchev–Trinajstić information content (AvgIpc) is 2.27. The van der Waals surface area contributed by atoms with Crippen molar-refractivity contribution >= 4 is 0 Å². The molecule has 114 valence electrons. The highest BCUT2D eigenvalue weighted by Gasteiger charge is 2.22. The second kappa shape index (κ2) is 8.26. The lowest BCUT2D eigenvalue weighted by atomic mass is 9.81. The van der Waals surface area contributed by atoms with Gasteiger partial charge in [-0.15, -0.1) is 0 Å². The molecule has 0 amide bonds. The van der Waals surface area contributed by atoms with E-state index >= 15 is 0 Å². The summed E-state index contributed by atoms with van der Waals surface area (Å²) >= 11 is 0. The van der Waals surface area contributed by atoms with E-state index in [0.29, 0.717) is 11.5 Å². The summed E-state index contributed by atoms with van der Waals surface area (Å²) < 4.78 is 5.47. The summed E-state index contributed by atoms with van der Waals surface area (Å²) in [6, 6.07) is 0.699. The molecule has 2 unspecified atom stereocenters. The summed E-state index contributed by atoms with van der Waals surface area (Å²) in [6.45, 7) is 14.7. The zero-order valence-electron chi connectivity index (χ0n) is 13.8. The van der Waals surface area contributed by atoms with Crippen LogP contribution in [0.25, 0.3) is 0 Å². The molecule has 0 aromatic heterocycles. The normalized spacial score (nSPS) is 21.3. The lowest BCUT2D eigenvalue weighted by molar-refractivity contribution is 0.0594. The first-order valence-electron chi connectivity index (χ1n) is 8.22. The Morgan fingerprint density at radius 3 is 2.37 bits per heavy atom. The lowest BCUT2D eigenvalue weighted by Gasteiger charge is -2.30. The number of hydrogen-bond acceptors (Lipinski definition) is 2. The fourth-order valence-corrected chi connectivity index (χ4v) is 3.55. The van der Waals surface area contributed by atoms with E-state index in [0.717, 1.165) is 31.6 Å². The van der Waals surface area contributed by atoms with Gasteiger partial charge in [-0.05, 0) is 55.9 Å². The van der Waals surface area contributed by atoms with Gasteiger partial charge in [-0.1, -0.05) is 34.6 Å². The topological polar surface area (TPSA) is 21.3 Å². The Morgan fingerprint density at radius 2 is 1.84 bits per heavy atom. The molecular weight excluding hydrogens is 234 g/mol. The van der Waals surface area contributed by atoms with Gasteiger partial charge in [0.1, 0.15) is 0 Å². The van der Waals surface area contributed by atoms with Gasteiger partial charge in [0, 0.05) is 19.3 Å². The third-order valence-electron chi connectivity index (χ3n) is 4.10. The van der Waals surface area contributed by atoms with Crippen molar-refractivity contribution in [2.75, 3.05) is 19.8 Å². The molecule has 19 heavy (non-hydrogen) atoms. The molecule has 1 N–H and O–H groups in total. The van der Waals surface area contributed by atoms with Gasteiger partial charge >= 0.3 is 0 Å². The third-order valence-corrected chi connectivity index (χ3v) is 4.10. The minimum Gasteiger partial charge on any atom is -0.381 e. The standard InChI is InChI=1S/C17H35NO/c1-6-18-16(11-14(2)13-17(3,4)5)12-15-7-9-19-10-8-15/h14-16,18H,6-13H2,1-5H3. The Labute approximate surface area is 120 Å². The summed E-state index contributed by atoms with van der Waals surface area (Å²) in [5, 5.41) is 3.71. The van der Waals surface area contributed by atoms with Crippen LogP contribution in [0.4, 0.5) is 0 Å². The quantitative estimate of drug-likeness (QED) is 0.746. The lowest BCUT2D eigenvalue weighted by Crippen LogP contribution is -2.34. The molecule has 0 aromatic carbocycles. The van der Waals surface area contributed by atoms with Crippen molar-refractivity contribution in [3.63, 3.8) is 0 Å². The van der Waals surface area contributed by atoms with Crippen molar-refractivity contribution in [3.05, 3.63) is 0 Å². The molecule has 1 rings (SSSR count). The Bertz CT molecular complexity index is 228. The maximum Gasteiger partial charge on any atom is 0.0468 e. The van der Waals surface area contributed by atoms with Gasteiger partial charge in [0.25, 0.3) is 0 Å². The first-order chi connectivity index (χ1) is 8.90. The van der Waals surface area contributed by atoms with Crippen molar-refractivity contribution in [2.24, 2.45) is 17.3 Å². The molecule has 1 fully saturated rings. The van der Waals surface area contributed by atoms with Gasteiger partial charge in [0.05, 0.1) is 0 Å². The Morgan fingerprint density at radius 1 is 1.21 bits per heavy atom. The van der Waals surface area contributed by atoms with Crippen LogP contribution in [0, 0.1) is 17.3 Å². The van der Waals surface area contributed by atoms with Gasteiger partial charge in [-0.25, -0.2) is 0 Å². The molecule has 0 bridgehead atoms. The van der Waals surface area contributed by atoms with Crippen molar-refractivity contribution in [1.82, 2.24) is 5.32 Å². The molecule has 0 saturated carbocycles. The molecule has 1 aliphatic rings. The fourth-order valence-electron chi connectivity index (χ4n) is 3.55. The van der Waals surface area contributed by atoms with Crippen LogP contribution in [0.5, 0.6) is 0 Å². The first-order valence-corrected chi connectivity index (χ1v) is 8.22. The summed E-state index contributed by atoms with van der Waals surface area (Å²) in [6.07, 6.45) is 6.50. The summed E-state index contributed by atoms with van der Waals surface area (Å²) in [5.41, 5.74) is 0.453. The second-order valence-electron chi connectivity index (χ2n) is 7.65. The molecule has 0 aromatic rings. The highest BCUT2D eigenvalue weighted by Crippen LogP contribution is 2.29. The molecular formula is C17H35NO. The summed E-state index contributed by atoms with van der Waals surface area (Å²) in [5.74, 6) is 1.68. The maximum atomic E-state index is 5.47. The molecule has 2 atom stereocenters. The third kappa shape index (κ3) is 7.94. The molecule has 2 nitrogen and oxygen atoms in total. The van der Waals surface area contributed by atoms with Crippen LogP contribution in [0.1, 0.15) is 66.7 Å². The zero-order chi connectivity index (χ0) is 14.3. The van der Waals surface area contributed by atoms with E-state index in [9.17, 15) is 0 Å². The Kier molecular flexibility index (Phi) is 7.38. The highest BCUT2D eigenvalue weighted by atomic mass is 16.5. The minimum absolute atomic E-state index is 0.453. The van der Waals surface area contributed by atoms with Crippen molar-refractivity contribution in [1.29, 1.82) is 0 Å². The van der Waals surface area contributed by atoms with Gasteiger partial charge in [-0.3, -0.25) is 0 Å². The van der Waals surface area contributed by atoms with Gasteiger partial charge in [0.15, 0.2) is 0 Å². The average molecular weight is 269 g/mol. The SMILES string of the molecule is CCNC(CC(C)CC(C)(C)C)CC1CCOCC1. The number of nitrogens with one attached hydrogen (secondary N) is 1. The Hall–Kier alpha value is -0.0800. The molecule has 1 heterocycles. The predicted octanol–water partition coefficient (Wildman–Crippen LogP) is 4.24. The first kappa shape index (κ1) is 17.0. The maximum absolute atomic E-state index is 5.47. The largest absolute Gasteiger partial charge is 0.381 e.